The van der Waals surface area contributed by atoms with E-state index in [1.54, 1.807) is 16.6 Å². The van der Waals surface area contributed by atoms with Crippen molar-refractivity contribution in [1.29, 1.82) is 0 Å². The Bertz CT molecular complexity index is 606. The van der Waals surface area contributed by atoms with Gasteiger partial charge in [-0.15, -0.1) is 0 Å². The van der Waals surface area contributed by atoms with Crippen LogP contribution in [-0.4, -0.2) is 49.6 Å². The highest BCUT2D eigenvalue weighted by atomic mass is 32.2. The number of ether oxygens (including phenoxy) is 2. The molecule has 1 unspecified atom stereocenters. The lowest BCUT2D eigenvalue weighted by Gasteiger charge is -2.32. The van der Waals surface area contributed by atoms with Crippen molar-refractivity contribution in [3.05, 3.63) is 18.5 Å². The number of hydrogen-bond acceptors (Lipinski definition) is 5. The molecule has 6 nitrogen and oxygen atoms in total. The third-order valence-electron chi connectivity index (χ3n) is 4.23. The van der Waals surface area contributed by atoms with Crippen molar-refractivity contribution in [1.82, 2.24) is 9.29 Å². The summed E-state index contributed by atoms with van der Waals surface area (Å²) in [6.45, 7) is 3.89. The molecule has 2 saturated heterocycles. The molecule has 2 aliphatic rings. The SMILES string of the molecule is CCOc1ccncc1S(=O)(=O)N1CCCC12CCOC2. The first-order valence-corrected chi connectivity index (χ1v) is 8.71. The first-order valence-electron chi connectivity index (χ1n) is 7.27. The van der Waals surface area contributed by atoms with Gasteiger partial charge in [0.2, 0.25) is 10.0 Å². The molecule has 2 fully saturated rings. The molecule has 0 bridgehead atoms. The van der Waals surface area contributed by atoms with E-state index < -0.39 is 10.0 Å². The average Bonchev–Trinajstić information content (AvgIpc) is 3.11. The zero-order chi connectivity index (χ0) is 14.9. The highest BCUT2D eigenvalue weighted by Crippen LogP contribution is 2.41. The monoisotopic (exact) mass is 312 g/mol. The Hall–Kier alpha value is -1.18. The minimum absolute atomic E-state index is 0.153. The van der Waals surface area contributed by atoms with Crippen molar-refractivity contribution < 1.29 is 17.9 Å². The Labute approximate surface area is 125 Å². The van der Waals surface area contributed by atoms with Gasteiger partial charge in [-0.1, -0.05) is 0 Å². The summed E-state index contributed by atoms with van der Waals surface area (Å²) in [7, 11) is -3.62. The van der Waals surface area contributed by atoms with Crippen molar-refractivity contribution >= 4 is 10.0 Å². The second-order valence-electron chi connectivity index (χ2n) is 5.46. The summed E-state index contributed by atoms with van der Waals surface area (Å²) in [6, 6.07) is 1.60. The molecular weight excluding hydrogens is 292 g/mol. The number of aromatic nitrogens is 1. The number of sulfonamides is 1. The number of nitrogens with zero attached hydrogens (tertiary/aromatic N) is 2. The Balaban J connectivity index is 2.01. The quantitative estimate of drug-likeness (QED) is 0.841. The fourth-order valence-corrected chi connectivity index (χ4v) is 5.16. The summed E-state index contributed by atoms with van der Waals surface area (Å²) in [4.78, 5) is 4.12. The lowest BCUT2D eigenvalue weighted by Crippen LogP contribution is -2.47. The van der Waals surface area contributed by atoms with Crippen LogP contribution in [0.5, 0.6) is 5.75 Å². The molecule has 3 rings (SSSR count). The second kappa shape index (κ2) is 5.55. The van der Waals surface area contributed by atoms with Crippen molar-refractivity contribution in [3.8, 4) is 5.75 Å². The van der Waals surface area contributed by atoms with Crippen molar-refractivity contribution in [3.63, 3.8) is 0 Å². The highest BCUT2D eigenvalue weighted by molar-refractivity contribution is 7.89. The van der Waals surface area contributed by atoms with Crippen LogP contribution >= 0.6 is 0 Å². The van der Waals surface area contributed by atoms with Crippen molar-refractivity contribution in [2.45, 2.75) is 36.6 Å². The molecule has 0 aliphatic carbocycles. The number of rotatable bonds is 4. The Morgan fingerprint density at radius 2 is 2.33 bits per heavy atom. The van der Waals surface area contributed by atoms with E-state index in [9.17, 15) is 8.42 Å². The smallest absolute Gasteiger partial charge is 0.248 e. The van der Waals surface area contributed by atoms with E-state index in [4.69, 9.17) is 9.47 Å². The van der Waals surface area contributed by atoms with Gasteiger partial charge in [-0.2, -0.15) is 4.31 Å². The van der Waals surface area contributed by atoms with Crippen LogP contribution in [0.4, 0.5) is 0 Å². The summed E-state index contributed by atoms with van der Waals surface area (Å²) in [5.74, 6) is 0.369. The summed E-state index contributed by atoms with van der Waals surface area (Å²) < 4.78 is 38.6. The van der Waals surface area contributed by atoms with Gasteiger partial charge in [-0.3, -0.25) is 4.98 Å². The zero-order valence-corrected chi connectivity index (χ0v) is 12.9. The first kappa shape index (κ1) is 14.7. The van der Waals surface area contributed by atoms with Crippen LogP contribution in [0.2, 0.25) is 0 Å². The molecule has 0 aromatic carbocycles. The van der Waals surface area contributed by atoms with Crippen LogP contribution < -0.4 is 4.74 Å². The fourth-order valence-electron chi connectivity index (χ4n) is 3.23. The molecule has 21 heavy (non-hydrogen) atoms. The van der Waals surface area contributed by atoms with Gasteiger partial charge in [-0.25, -0.2) is 8.42 Å². The van der Waals surface area contributed by atoms with Gasteiger partial charge in [-0.05, 0) is 32.3 Å². The van der Waals surface area contributed by atoms with Crippen molar-refractivity contribution in [2.24, 2.45) is 0 Å². The van der Waals surface area contributed by atoms with Crippen LogP contribution in [0, 0.1) is 0 Å². The zero-order valence-electron chi connectivity index (χ0n) is 12.1. The average molecular weight is 312 g/mol. The van der Waals surface area contributed by atoms with Crippen LogP contribution in [0.25, 0.3) is 0 Å². The molecule has 2 aliphatic heterocycles. The van der Waals surface area contributed by atoms with Gasteiger partial charge in [0.1, 0.15) is 10.6 Å². The second-order valence-corrected chi connectivity index (χ2v) is 7.29. The standard InChI is InChI=1S/C14H20N2O4S/c1-2-20-12-4-7-15-10-13(12)21(17,18)16-8-3-5-14(16)6-9-19-11-14/h4,7,10H,2-3,5-6,8-9,11H2,1H3. The molecule has 0 N–H and O–H groups in total. The summed E-state index contributed by atoms with van der Waals surface area (Å²) in [5, 5.41) is 0. The minimum Gasteiger partial charge on any atom is -0.492 e. The van der Waals surface area contributed by atoms with Crippen LogP contribution in [-0.2, 0) is 14.8 Å². The van der Waals surface area contributed by atoms with Gasteiger partial charge in [0.05, 0.1) is 24.9 Å². The summed E-state index contributed by atoms with van der Waals surface area (Å²) in [6.07, 6.45) is 5.41. The molecule has 1 atom stereocenters. The molecule has 0 amide bonds. The Kier molecular flexibility index (Phi) is 3.90. The number of pyridine rings is 1. The molecule has 7 heteroatoms. The van der Waals surface area contributed by atoms with Gasteiger partial charge < -0.3 is 9.47 Å². The number of hydrogen-bond donors (Lipinski definition) is 0. The lowest BCUT2D eigenvalue weighted by atomic mass is 9.97. The van der Waals surface area contributed by atoms with E-state index in [0.717, 1.165) is 19.3 Å². The largest absolute Gasteiger partial charge is 0.492 e. The van der Waals surface area contributed by atoms with E-state index in [-0.39, 0.29) is 10.4 Å². The first-order chi connectivity index (χ1) is 10.1. The molecular formula is C14H20N2O4S. The summed E-state index contributed by atoms with van der Waals surface area (Å²) >= 11 is 0. The summed E-state index contributed by atoms with van der Waals surface area (Å²) in [5.41, 5.74) is -0.377. The van der Waals surface area contributed by atoms with Crippen LogP contribution in [0.15, 0.2) is 23.4 Å². The maximum Gasteiger partial charge on any atom is 0.248 e. The molecule has 1 aromatic heterocycles. The van der Waals surface area contributed by atoms with E-state index in [2.05, 4.69) is 4.98 Å². The molecule has 116 valence electrons. The van der Waals surface area contributed by atoms with Gasteiger partial charge in [0.15, 0.2) is 0 Å². The van der Waals surface area contributed by atoms with Gasteiger partial charge in [0.25, 0.3) is 0 Å². The Morgan fingerprint density at radius 1 is 1.48 bits per heavy atom. The van der Waals surface area contributed by atoms with E-state index in [0.29, 0.717) is 32.1 Å². The van der Waals surface area contributed by atoms with E-state index >= 15 is 0 Å². The maximum absolute atomic E-state index is 13.0. The molecule has 1 aromatic rings. The van der Waals surface area contributed by atoms with Crippen LogP contribution in [0.3, 0.4) is 0 Å². The van der Waals surface area contributed by atoms with Gasteiger partial charge >= 0.3 is 0 Å². The maximum atomic E-state index is 13.0. The third-order valence-corrected chi connectivity index (χ3v) is 6.24. The molecule has 0 saturated carbocycles. The fraction of sp³-hybridized carbons (Fsp3) is 0.643. The molecule has 0 radical (unpaired) electrons. The molecule has 3 heterocycles. The molecule has 1 spiro atoms. The van der Waals surface area contributed by atoms with E-state index in [1.807, 2.05) is 6.92 Å². The van der Waals surface area contributed by atoms with E-state index in [1.165, 1.54) is 6.20 Å². The highest BCUT2D eigenvalue weighted by Gasteiger charge is 2.50. The topological polar surface area (TPSA) is 68.7 Å². The lowest BCUT2D eigenvalue weighted by molar-refractivity contribution is 0.147. The van der Waals surface area contributed by atoms with Crippen LogP contribution in [0.1, 0.15) is 26.2 Å². The normalized spacial score (nSPS) is 26.5. The predicted molar refractivity (Wildman–Crippen MR) is 76.7 cm³/mol. The van der Waals surface area contributed by atoms with Crippen molar-refractivity contribution in [2.75, 3.05) is 26.4 Å². The Morgan fingerprint density at radius 3 is 3.05 bits per heavy atom. The minimum atomic E-state index is -3.62. The third kappa shape index (κ3) is 2.43. The van der Waals surface area contributed by atoms with Gasteiger partial charge in [0, 0.05) is 19.3 Å². The predicted octanol–water partition coefficient (Wildman–Crippen LogP) is 1.42.